The number of primary amides is 1. The summed E-state index contributed by atoms with van der Waals surface area (Å²) >= 11 is 0. The molecule has 3 rings (SSSR count). The highest BCUT2D eigenvalue weighted by Gasteiger charge is 2.25. The first-order valence-corrected chi connectivity index (χ1v) is 11.3. The second-order valence-corrected chi connectivity index (χ2v) is 8.34. The van der Waals surface area contributed by atoms with Crippen molar-refractivity contribution in [1.29, 1.82) is 0 Å². The minimum atomic E-state index is -0.187. The number of rotatable bonds is 7. The van der Waals surface area contributed by atoms with Crippen molar-refractivity contribution in [3.05, 3.63) is 23.9 Å². The number of hydrogen-bond acceptors (Lipinski definition) is 5. The van der Waals surface area contributed by atoms with Gasteiger partial charge in [0.15, 0.2) is 5.96 Å². The van der Waals surface area contributed by atoms with Gasteiger partial charge in [0.25, 0.3) is 0 Å². The highest BCUT2D eigenvalue weighted by Crippen LogP contribution is 2.24. The van der Waals surface area contributed by atoms with E-state index in [1.54, 1.807) is 0 Å². The molecule has 1 amide bonds. The van der Waals surface area contributed by atoms with E-state index in [0.717, 1.165) is 69.2 Å². The van der Waals surface area contributed by atoms with Gasteiger partial charge in [-0.25, -0.2) is 4.98 Å². The Balaban J connectivity index is 1.52. The quantitative estimate of drug-likeness (QED) is 0.459. The summed E-state index contributed by atoms with van der Waals surface area (Å²) in [5.74, 6) is 1.62. The molecule has 8 nitrogen and oxygen atoms in total. The standard InChI is InChI=1S/C22H37N7O/c1-3-11-28-12-8-19(9-13-28)27-22(24-2)26-16-18-5-4-10-25-21(18)29-14-6-17(7-15-29)20(23)30/h4-5,10,17,19H,3,6-9,11-16H2,1-2H3,(H2,23,30)(H2,24,26,27). The van der Waals surface area contributed by atoms with Crippen LogP contribution in [0.5, 0.6) is 0 Å². The van der Waals surface area contributed by atoms with Crippen LogP contribution in [0.4, 0.5) is 5.82 Å². The maximum atomic E-state index is 11.4. The van der Waals surface area contributed by atoms with Crippen molar-refractivity contribution >= 4 is 17.7 Å². The van der Waals surface area contributed by atoms with E-state index in [1.165, 1.54) is 13.0 Å². The Kier molecular flexibility index (Phi) is 8.30. The van der Waals surface area contributed by atoms with Gasteiger partial charge in [-0.15, -0.1) is 0 Å². The molecular weight excluding hydrogens is 378 g/mol. The zero-order valence-electron chi connectivity index (χ0n) is 18.4. The third kappa shape index (κ3) is 6.08. The van der Waals surface area contributed by atoms with Crippen LogP contribution < -0.4 is 21.3 Å². The number of piperidine rings is 2. The highest BCUT2D eigenvalue weighted by atomic mass is 16.1. The molecule has 0 atom stereocenters. The van der Waals surface area contributed by atoms with Crippen LogP contribution in [0.25, 0.3) is 0 Å². The van der Waals surface area contributed by atoms with E-state index < -0.39 is 0 Å². The number of aromatic nitrogens is 1. The lowest BCUT2D eigenvalue weighted by Crippen LogP contribution is -2.48. The van der Waals surface area contributed by atoms with E-state index in [9.17, 15) is 4.79 Å². The number of nitrogens with one attached hydrogen (secondary N) is 2. The molecule has 8 heteroatoms. The Labute approximate surface area is 180 Å². The number of likely N-dealkylation sites (tertiary alicyclic amines) is 1. The summed E-state index contributed by atoms with van der Waals surface area (Å²) in [5, 5.41) is 7.04. The van der Waals surface area contributed by atoms with Crippen molar-refractivity contribution < 1.29 is 4.79 Å². The van der Waals surface area contributed by atoms with Gasteiger partial charge in [-0.2, -0.15) is 0 Å². The third-order valence-corrected chi connectivity index (χ3v) is 6.20. The summed E-state index contributed by atoms with van der Waals surface area (Å²) < 4.78 is 0. The second kappa shape index (κ2) is 11.2. The minimum absolute atomic E-state index is 0.0155. The predicted octanol–water partition coefficient (Wildman–Crippen LogP) is 1.32. The molecule has 0 radical (unpaired) electrons. The first-order chi connectivity index (χ1) is 14.6. The van der Waals surface area contributed by atoms with Crippen molar-refractivity contribution in [3.8, 4) is 0 Å². The van der Waals surface area contributed by atoms with E-state index in [2.05, 4.69) is 43.4 Å². The molecule has 0 saturated carbocycles. The number of anilines is 1. The molecule has 0 aliphatic carbocycles. The molecule has 4 N–H and O–H groups in total. The molecular formula is C22H37N7O. The van der Waals surface area contributed by atoms with Crippen LogP contribution >= 0.6 is 0 Å². The van der Waals surface area contributed by atoms with Crippen LogP contribution in [-0.4, -0.2) is 67.6 Å². The van der Waals surface area contributed by atoms with Crippen molar-refractivity contribution in [3.63, 3.8) is 0 Å². The van der Waals surface area contributed by atoms with E-state index in [-0.39, 0.29) is 11.8 Å². The summed E-state index contributed by atoms with van der Waals surface area (Å²) in [6.45, 7) is 8.01. The van der Waals surface area contributed by atoms with E-state index in [0.29, 0.717) is 12.6 Å². The molecule has 1 aromatic rings. The third-order valence-electron chi connectivity index (χ3n) is 6.20. The number of amides is 1. The fourth-order valence-corrected chi connectivity index (χ4v) is 4.41. The zero-order chi connectivity index (χ0) is 21.3. The highest BCUT2D eigenvalue weighted by molar-refractivity contribution is 5.80. The van der Waals surface area contributed by atoms with Gasteiger partial charge in [0.1, 0.15) is 5.82 Å². The first-order valence-electron chi connectivity index (χ1n) is 11.3. The predicted molar refractivity (Wildman–Crippen MR) is 121 cm³/mol. The van der Waals surface area contributed by atoms with E-state index in [1.807, 2.05) is 19.3 Å². The summed E-state index contributed by atoms with van der Waals surface area (Å²) in [6, 6.07) is 4.54. The molecule has 0 unspecified atom stereocenters. The van der Waals surface area contributed by atoms with Crippen LogP contribution in [0.1, 0.15) is 44.6 Å². The Morgan fingerprint density at radius 3 is 2.60 bits per heavy atom. The van der Waals surface area contributed by atoms with Gasteiger partial charge in [-0.3, -0.25) is 9.79 Å². The van der Waals surface area contributed by atoms with Crippen molar-refractivity contribution in [1.82, 2.24) is 20.5 Å². The molecule has 2 fully saturated rings. The summed E-state index contributed by atoms with van der Waals surface area (Å²) in [6.07, 6.45) is 6.92. The number of nitrogens with zero attached hydrogens (tertiary/aromatic N) is 4. The summed E-state index contributed by atoms with van der Waals surface area (Å²) in [4.78, 5) is 25.3. The number of carbonyl (C=O) groups excluding carboxylic acids is 1. The average molecular weight is 416 g/mol. The Hall–Kier alpha value is -2.35. The molecule has 2 saturated heterocycles. The van der Waals surface area contributed by atoms with Gasteiger partial charge in [-0.05, 0) is 44.7 Å². The van der Waals surface area contributed by atoms with Crippen molar-refractivity contribution in [2.24, 2.45) is 16.6 Å². The number of aliphatic imine (C=N–C) groups is 1. The van der Waals surface area contributed by atoms with Gasteiger partial charge in [0, 0.05) is 63.5 Å². The van der Waals surface area contributed by atoms with Gasteiger partial charge in [-0.1, -0.05) is 13.0 Å². The molecule has 166 valence electrons. The summed E-state index contributed by atoms with van der Waals surface area (Å²) in [5.41, 5.74) is 6.61. The molecule has 0 bridgehead atoms. The van der Waals surface area contributed by atoms with Gasteiger partial charge >= 0.3 is 0 Å². The Bertz CT molecular complexity index is 707. The van der Waals surface area contributed by atoms with Crippen molar-refractivity contribution in [2.45, 2.75) is 51.6 Å². The van der Waals surface area contributed by atoms with Crippen molar-refractivity contribution in [2.75, 3.05) is 44.7 Å². The number of guanidine groups is 1. The Morgan fingerprint density at radius 1 is 1.23 bits per heavy atom. The second-order valence-electron chi connectivity index (χ2n) is 8.34. The fourth-order valence-electron chi connectivity index (χ4n) is 4.41. The zero-order valence-corrected chi connectivity index (χ0v) is 18.4. The summed E-state index contributed by atoms with van der Waals surface area (Å²) in [7, 11) is 1.82. The number of pyridine rings is 1. The average Bonchev–Trinajstić information content (AvgIpc) is 2.78. The molecule has 3 heterocycles. The van der Waals surface area contributed by atoms with Gasteiger partial charge in [0.2, 0.25) is 5.91 Å². The monoisotopic (exact) mass is 415 g/mol. The molecule has 0 aromatic carbocycles. The number of hydrogen-bond donors (Lipinski definition) is 3. The van der Waals surface area contributed by atoms with Gasteiger partial charge < -0.3 is 26.2 Å². The van der Waals surface area contributed by atoms with Crippen LogP contribution in [-0.2, 0) is 11.3 Å². The fraction of sp³-hybridized carbons (Fsp3) is 0.682. The van der Waals surface area contributed by atoms with Crippen LogP contribution in [0.2, 0.25) is 0 Å². The lowest BCUT2D eigenvalue weighted by Gasteiger charge is -2.33. The van der Waals surface area contributed by atoms with E-state index >= 15 is 0 Å². The maximum Gasteiger partial charge on any atom is 0.220 e. The number of nitrogens with two attached hydrogens (primary N) is 1. The minimum Gasteiger partial charge on any atom is -0.369 e. The van der Waals surface area contributed by atoms with E-state index in [4.69, 9.17) is 5.73 Å². The SMILES string of the molecule is CCCN1CCC(NC(=NC)NCc2cccnc2N2CCC(C(N)=O)CC2)CC1. The topological polar surface area (TPSA) is 98.9 Å². The van der Waals surface area contributed by atoms with Crippen LogP contribution in [0.3, 0.4) is 0 Å². The largest absolute Gasteiger partial charge is 0.369 e. The molecule has 0 spiro atoms. The molecule has 30 heavy (non-hydrogen) atoms. The smallest absolute Gasteiger partial charge is 0.220 e. The van der Waals surface area contributed by atoms with Gasteiger partial charge in [0.05, 0.1) is 0 Å². The van der Waals surface area contributed by atoms with Crippen LogP contribution in [0.15, 0.2) is 23.3 Å². The normalized spacial score (nSPS) is 19.7. The van der Waals surface area contributed by atoms with Crippen LogP contribution in [0, 0.1) is 5.92 Å². The molecule has 2 aliphatic heterocycles. The lowest BCUT2D eigenvalue weighted by atomic mass is 9.96. The number of carbonyl (C=O) groups is 1. The Morgan fingerprint density at radius 2 is 1.97 bits per heavy atom. The molecule has 1 aromatic heterocycles. The molecule has 2 aliphatic rings. The maximum absolute atomic E-state index is 11.4. The lowest BCUT2D eigenvalue weighted by molar-refractivity contribution is -0.122. The first kappa shape index (κ1) is 22.3.